The van der Waals surface area contributed by atoms with Crippen LogP contribution in [-0.4, -0.2) is 18.0 Å². The van der Waals surface area contributed by atoms with Crippen molar-refractivity contribution in [2.24, 2.45) is 0 Å². The summed E-state index contributed by atoms with van der Waals surface area (Å²) in [5.41, 5.74) is 4.33. The zero-order chi connectivity index (χ0) is 18.7. The number of carbonyl (C=O) groups is 1. The molecule has 3 aromatic rings. The lowest BCUT2D eigenvalue weighted by atomic mass is 10.0. The first-order valence-corrected chi connectivity index (χ1v) is 8.49. The van der Waals surface area contributed by atoms with Crippen molar-refractivity contribution in [3.05, 3.63) is 75.1 Å². The third-order valence-corrected chi connectivity index (χ3v) is 4.51. The van der Waals surface area contributed by atoms with Crippen molar-refractivity contribution < 1.29 is 9.53 Å². The number of hydrogen-bond donors (Lipinski definition) is 2. The highest BCUT2D eigenvalue weighted by Crippen LogP contribution is 2.17. The average Bonchev–Trinajstić information content (AvgIpc) is 2.62. The number of amides is 1. The number of nitrogens with one attached hydrogen (secondary N) is 2. The summed E-state index contributed by atoms with van der Waals surface area (Å²) in [6.45, 7) is 4.25. The molecule has 0 saturated carbocycles. The van der Waals surface area contributed by atoms with E-state index in [0.717, 1.165) is 27.6 Å². The number of ether oxygens (including phenoxy) is 1. The summed E-state index contributed by atoms with van der Waals surface area (Å²) in [5.74, 6) is 0.574. The zero-order valence-corrected chi connectivity index (χ0v) is 15.2. The fourth-order valence-corrected chi connectivity index (χ4v) is 2.88. The predicted molar refractivity (Wildman–Crippen MR) is 103 cm³/mol. The van der Waals surface area contributed by atoms with Gasteiger partial charge in [-0.25, -0.2) is 0 Å². The van der Waals surface area contributed by atoms with Gasteiger partial charge in [-0.2, -0.15) is 0 Å². The molecule has 0 fully saturated rings. The van der Waals surface area contributed by atoms with Crippen LogP contribution in [0.3, 0.4) is 0 Å². The standard InChI is InChI=1S/C21H22N2O3/c1-13-7-16-11-17(21(25)23-19(16)8-14(13)2)12-22-20(24)10-15-5-4-6-18(9-15)26-3/h4-9,11H,10,12H2,1-3H3,(H,22,24)(H,23,25). The lowest BCUT2D eigenvalue weighted by molar-refractivity contribution is -0.120. The Bertz CT molecular complexity index is 1020. The first-order valence-electron chi connectivity index (χ1n) is 8.49. The Morgan fingerprint density at radius 3 is 2.65 bits per heavy atom. The number of rotatable bonds is 5. The van der Waals surface area contributed by atoms with Crippen molar-refractivity contribution in [3.63, 3.8) is 0 Å². The van der Waals surface area contributed by atoms with E-state index in [4.69, 9.17) is 4.74 Å². The van der Waals surface area contributed by atoms with Gasteiger partial charge in [-0.15, -0.1) is 0 Å². The Balaban J connectivity index is 1.72. The molecular weight excluding hydrogens is 328 g/mol. The molecule has 2 aromatic carbocycles. The molecule has 0 radical (unpaired) electrons. The number of benzene rings is 2. The molecule has 3 rings (SSSR count). The van der Waals surface area contributed by atoms with Crippen LogP contribution in [-0.2, 0) is 17.8 Å². The Morgan fingerprint density at radius 1 is 1.12 bits per heavy atom. The van der Waals surface area contributed by atoms with E-state index < -0.39 is 0 Å². The van der Waals surface area contributed by atoms with Gasteiger partial charge in [0.1, 0.15) is 5.75 Å². The van der Waals surface area contributed by atoms with Crippen LogP contribution in [0.2, 0.25) is 0 Å². The number of carbonyl (C=O) groups excluding carboxylic acids is 1. The highest BCUT2D eigenvalue weighted by molar-refractivity contribution is 5.81. The molecule has 1 aromatic heterocycles. The van der Waals surface area contributed by atoms with Gasteiger partial charge in [-0.1, -0.05) is 12.1 Å². The molecule has 0 bridgehead atoms. The lowest BCUT2D eigenvalue weighted by Crippen LogP contribution is -2.28. The maximum Gasteiger partial charge on any atom is 0.253 e. The van der Waals surface area contributed by atoms with Crippen molar-refractivity contribution in [2.75, 3.05) is 7.11 Å². The molecule has 0 aliphatic rings. The number of aromatic amines is 1. The third kappa shape index (κ3) is 3.94. The predicted octanol–water partition coefficient (Wildman–Crippen LogP) is 3.01. The van der Waals surface area contributed by atoms with Crippen LogP contribution in [0.5, 0.6) is 5.75 Å². The van der Waals surface area contributed by atoms with Gasteiger partial charge in [0, 0.05) is 17.6 Å². The summed E-state index contributed by atoms with van der Waals surface area (Å²) in [4.78, 5) is 27.3. The van der Waals surface area contributed by atoms with E-state index in [1.165, 1.54) is 0 Å². The summed E-state index contributed by atoms with van der Waals surface area (Å²) < 4.78 is 5.16. The first-order chi connectivity index (χ1) is 12.5. The fraction of sp³-hybridized carbons (Fsp3) is 0.238. The van der Waals surface area contributed by atoms with Crippen molar-refractivity contribution in [1.29, 1.82) is 0 Å². The van der Waals surface area contributed by atoms with E-state index in [2.05, 4.69) is 10.3 Å². The van der Waals surface area contributed by atoms with Crippen LogP contribution in [0.4, 0.5) is 0 Å². The molecule has 134 valence electrons. The zero-order valence-electron chi connectivity index (χ0n) is 15.2. The number of fused-ring (bicyclic) bond motifs is 1. The molecule has 0 aliphatic heterocycles. The van der Waals surface area contributed by atoms with Gasteiger partial charge >= 0.3 is 0 Å². The van der Waals surface area contributed by atoms with Crippen LogP contribution in [0, 0.1) is 13.8 Å². The second-order valence-corrected chi connectivity index (χ2v) is 6.45. The summed E-state index contributed by atoms with van der Waals surface area (Å²) in [5, 5.41) is 3.78. The topological polar surface area (TPSA) is 71.2 Å². The molecule has 0 aliphatic carbocycles. The minimum Gasteiger partial charge on any atom is -0.497 e. The smallest absolute Gasteiger partial charge is 0.253 e. The maximum atomic E-state index is 12.3. The number of H-pyrrole nitrogens is 1. The van der Waals surface area contributed by atoms with Gasteiger partial charge in [0.15, 0.2) is 0 Å². The Labute approximate surface area is 152 Å². The van der Waals surface area contributed by atoms with Crippen molar-refractivity contribution in [2.45, 2.75) is 26.8 Å². The van der Waals surface area contributed by atoms with Crippen molar-refractivity contribution in [1.82, 2.24) is 10.3 Å². The number of aryl methyl sites for hydroxylation is 2. The maximum absolute atomic E-state index is 12.3. The monoisotopic (exact) mass is 350 g/mol. The van der Waals surface area contributed by atoms with Crippen LogP contribution in [0.1, 0.15) is 22.3 Å². The Morgan fingerprint density at radius 2 is 1.88 bits per heavy atom. The molecule has 1 amide bonds. The number of pyridine rings is 1. The van der Waals surface area contributed by atoms with Gasteiger partial charge in [0.05, 0.1) is 13.5 Å². The van der Waals surface area contributed by atoms with Crippen LogP contribution in [0.15, 0.2) is 47.3 Å². The Hall–Kier alpha value is -3.08. The molecule has 0 spiro atoms. The van der Waals surface area contributed by atoms with Crippen LogP contribution >= 0.6 is 0 Å². The molecule has 5 heteroatoms. The van der Waals surface area contributed by atoms with E-state index in [0.29, 0.717) is 11.3 Å². The highest BCUT2D eigenvalue weighted by Gasteiger charge is 2.08. The van der Waals surface area contributed by atoms with Gasteiger partial charge in [0.25, 0.3) is 5.56 Å². The van der Waals surface area contributed by atoms with Gasteiger partial charge in [-0.05, 0) is 66.3 Å². The van der Waals surface area contributed by atoms with Crippen LogP contribution in [0.25, 0.3) is 10.9 Å². The lowest BCUT2D eigenvalue weighted by Gasteiger charge is -2.08. The summed E-state index contributed by atoms with van der Waals surface area (Å²) in [6, 6.07) is 13.2. The summed E-state index contributed by atoms with van der Waals surface area (Å²) >= 11 is 0. The van der Waals surface area contributed by atoms with E-state index in [1.54, 1.807) is 7.11 Å². The quantitative estimate of drug-likeness (QED) is 0.743. The molecule has 26 heavy (non-hydrogen) atoms. The van der Waals surface area contributed by atoms with Crippen LogP contribution < -0.4 is 15.6 Å². The van der Waals surface area contributed by atoms with Gasteiger partial charge in [-0.3, -0.25) is 9.59 Å². The minimum absolute atomic E-state index is 0.141. The molecule has 0 atom stereocenters. The van der Waals surface area contributed by atoms with Crippen molar-refractivity contribution in [3.8, 4) is 5.75 Å². The van der Waals surface area contributed by atoms with Gasteiger partial charge in [0.2, 0.25) is 5.91 Å². The molecule has 5 nitrogen and oxygen atoms in total. The number of methoxy groups -OCH3 is 1. The van der Waals surface area contributed by atoms with E-state index >= 15 is 0 Å². The second kappa shape index (κ2) is 7.44. The second-order valence-electron chi connectivity index (χ2n) is 6.45. The molecule has 1 heterocycles. The normalized spacial score (nSPS) is 10.7. The van der Waals surface area contributed by atoms with Gasteiger partial charge < -0.3 is 15.0 Å². The minimum atomic E-state index is -0.178. The van der Waals surface area contributed by atoms with Crippen molar-refractivity contribution >= 4 is 16.8 Å². The van der Waals surface area contributed by atoms with E-state index in [-0.39, 0.29) is 24.4 Å². The highest BCUT2D eigenvalue weighted by atomic mass is 16.5. The summed E-state index contributed by atoms with van der Waals surface area (Å²) in [6.07, 6.45) is 0.237. The SMILES string of the molecule is COc1cccc(CC(=O)NCc2cc3cc(C)c(C)cc3[nH]c2=O)c1. The number of aromatic nitrogens is 1. The largest absolute Gasteiger partial charge is 0.497 e. The van der Waals surface area contributed by atoms with E-state index in [9.17, 15) is 9.59 Å². The van der Waals surface area contributed by atoms with E-state index in [1.807, 2.05) is 56.3 Å². The molecule has 0 unspecified atom stereocenters. The average molecular weight is 350 g/mol. The summed E-state index contributed by atoms with van der Waals surface area (Å²) in [7, 11) is 1.59. The first kappa shape index (κ1) is 17.7. The number of hydrogen-bond acceptors (Lipinski definition) is 3. The molecule has 0 saturated heterocycles. The fourth-order valence-electron chi connectivity index (χ4n) is 2.88. The Kier molecular flexibility index (Phi) is 5.07. The molecular formula is C21H22N2O3. The molecule has 2 N–H and O–H groups in total. The third-order valence-electron chi connectivity index (χ3n) is 4.51.